The van der Waals surface area contributed by atoms with Gasteiger partial charge in [0.1, 0.15) is 0 Å². The molecule has 0 fully saturated rings. The van der Waals surface area contributed by atoms with Crippen molar-refractivity contribution in [3.63, 3.8) is 0 Å². The van der Waals surface area contributed by atoms with Crippen molar-refractivity contribution in [2.75, 3.05) is 7.11 Å². The van der Waals surface area contributed by atoms with Crippen molar-refractivity contribution in [1.29, 1.82) is 0 Å². The number of hydrogen-bond acceptors (Lipinski definition) is 4. The van der Waals surface area contributed by atoms with Gasteiger partial charge in [0.05, 0.1) is 12.0 Å². The van der Waals surface area contributed by atoms with Crippen LogP contribution in [0.3, 0.4) is 0 Å². The van der Waals surface area contributed by atoms with Crippen LogP contribution in [0.15, 0.2) is 35.2 Å². The third-order valence-corrected chi connectivity index (χ3v) is 2.29. The summed E-state index contributed by atoms with van der Waals surface area (Å²) >= 11 is 0. The van der Waals surface area contributed by atoms with Crippen LogP contribution in [-0.4, -0.2) is 21.5 Å². The van der Waals surface area contributed by atoms with Crippen LogP contribution in [0.5, 0.6) is 0 Å². The second-order valence-corrected chi connectivity index (χ2v) is 4.12. The molecule has 0 saturated carbocycles. The average Bonchev–Trinajstić information content (AvgIpc) is 2.19. The molecule has 0 amide bonds. The lowest BCUT2D eigenvalue weighted by molar-refractivity contribution is -0.137. The monoisotopic (exact) mass is 231 g/mol. The molecule has 5 nitrogen and oxygen atoms in total. The minimum Gasteiger partial charge on any atom is -0.469 e. The van der Waals surface area contributed by atoms with E-state index in [0.717, 1.165) is 0 Å². The van der Waals surface area contributed by atoms with Gasteiger partial charge in [-0.25, -0.2) is 13.6 Å². The summed E-state index contributed by atoms with van der Waals surface area (Å²) in [7, 11) is -2.15. The van der Waals surface area contributed by atoms with Gasteiger partial charge in [0, 0.05) is 6.92 Å². The van der Waals surface area contributed by atoms with Gasteiger partial charge in [-0.1, -0.05) is 18.2 Å². The summed E-state index contributed by atoms with van der Waals surface area (Å²) in [5.41, 5.74) is 0. The standard InChI is InChI=1S/C6H7NO2S.C3H6O2/c7-10(8,9)6-4-2-1-3-5-6;1-3(4)5-2/h1-5H,(H2,7,8,9);1-2H3. The van der Waals surface area contributed by atoms with Gasteiger partial charge in [0.2, 0.25) is 10.0 Å². The van der Waals surface area contributed by atoms with E-state index in [2.05, 4.69) is 4.74 Å². The molecule has 1 rings (SSSR count). The summed E-state index contributed by atoms with van der Waals surface area (Å²) in [5, 5.41) is 4.83. The largest absolute Gasteiger partial charge is 0.469 e. The van der Waals surface area contributed by atoms with Crippen LogP contribution in [-0.2, 0) is 19.6 Å². The quantitative estimate of drug-likeness (QED) is 0.713. The first-order chi connectivity index (χ1) is 6.88. The molecule has 0 aromatic heterocycles. The number of sulfonamides is 1. The Balaban J connectivity index is 0.000000336. The van der Waals surface area contributed by atoms with E-state index in [9.17, 15) is 13.2 Å². The zero-order valence-electron chi connectivity index (χ0n) is 8.51. The maximum Gasteiger partial charge on any atom is 0.302 e. The van der Waals surface area contributed by atoms with Crippen molar-refractivity contribution in [3.8, 4) is 0 Å². The fourth-order valence-corrected chi connectivity index (χ4v) is 1.15. The van der Waals surface area contributed by atoms with E-state index in [0.29, 0.717) is 0 Å². The molecule has 15 heavy (non-hydrogen) atoms. The Morgan fingerprint density at radius 2 is 1.67 bits per heavy atom. The van der Waals surface area contributed by atoms with Crippen LogP contribution in [0.25, 0.3) is 0 Å². The van der Waals surface area contributed by atoms with Crippen LogP contribution >= 0.6 is 0 Å². The van der Waals surface area contributed by atoms with Crippen molar-refractivity contribution >= 4 is 16.0 Å². The van der Waals surface area contributed by atoms with Crippen LogP contribution in [0, 0.1) is 0 Å². The predicted octanol–water partition coefficient (Wildman–Crippen LogP) is 0.513. The van der Waals surface area contributed by atoms with E-state index in [1.54, 1.807) is 18.2 Å². The number of esters is 1. The molecule has 84 valence electrons. The summed E-state index contributed by atoms with van der Waals surface area (Å²) in [6.45, 7) is 1.36. The molecule has 0 atom stereocenters. The third kappa shape index (κ3) is 6.64. The molecule has 0 heterocycles. The highest BCUT2D eigenvalue weighted by Crippen LogP contribution is 2.02. The number of methoxy groups -OCH3 is 1. The Labute approximate surface area is 88.9 Å². The second-order valence-electron chi connectivity index (χ2n) is 2.55. The van der Waals surface area contributed by atoms with Crippen LogP contribution in [0.2, 0.25) is 0 Å². The van der Waals surface area contributed by atoms with Gasteiger partial charge in [-0.3, -0.25) is 4.79 Å². The van der Waals surface area contributed by atoms with E-state index in [1.807, 2.05) is 0 Å². The second kappa shape index (κ2) is 6.15. The summed E-state index contributed by atoms with van der Waals surface area (Å²) in [4.78, 5) is 9.74. The smallest absolute Gasteiger partial charge is 0.302 e. The number of benzene rings is 1. The molecular formula is C9H13NO4S. The predicted molar refractivity (Wildman–Crippen MR) is 55.5 cm³/mol. The molecule has 2 N–H and O–H groups in total. The molecule has 0 radical (unpaired) electrons. The van der Waals surface area contributed by atoms with E-state index in [-0.39, 0.29) is 10.9 Å². The maximum absolute atomic E-state index is 10.6. The molecule has 0 aliphatic rings. The first-order valence-corrected chi connectivity index (χ1v) is 5.55. The van der Waals surface area contributed by atoms with E-state index in [4.69, 9.17) is 5.14 Å². The molecular weight excluding hydrogens is 218 g/mol. The minimum absolute atomic E-state index is 0.148. The van der Waals surface area contributed by atoms with Crippen LogP contribution in [0.1, 0.15) is 6.92 Å². The first-order valence-electron chi connectivity index (χ1n) is 4.00. The van der Waals surface area contributed by atoms with E-state index >= 15 is 0 Å². The molecule has 0 spiro atoms. The highest BCUT2D eigenvalue weighted by molar-refractivity contribution is 7.89. The zero-order valence-corrected chi connectivity index (χ0v) is 9.32. The van der Waals surface area contributed by atoms with Crippen molar-refractivity contribution in [1.82, 2.24) is 0 Å². The molecule has 1 aromatic carbocycles. The molecule has 0 aliphatic heterocycles. The fraction of sp³-hybridized carbons (Fsp3) is 0.222. The number of carbonyl (C=O) groups excluding carboxylic acids is 1. The fourth-order valence-electron chi connectivity index (χ4n) is 0.610. The SMILES string of the molecule is COC(C)=O.NS(=O)(=O)c1ccccc1. The summed E-state index contributed by atoms with van der Waals surface area (Å²) in [6, 6.07) is 7.89. The highest BCUT2D eigenvalue weighted by Gasteiger charge is 2.03. The third-order valence-electron chi connectivity index (χ3n) is 1.36. The molecule has 1 aromatic rings. The Kier molecular flexibility index (Phi) is 5.58. The van der Waals surface area contributed by atoms with Crippen molar-refractivity contribution in [3.05, 3.63) is 30.3 Å². The number of rotatable bonds is 1. The average molecular weight is 231 g/mol. The summed E-state index contributed by atoms with van der Waals surface area (Å²) < 4.78 is 25.3. The zero-order chi connectivity index (χ0) is 11.9. The Morgan fingerprint density at radius 3 is 1.87 bits per heavy atom. The number of nitrogens with two attached hydrogens (primary N) is 1. The van der Waals surface area contributed by atoms with Gasteiger partial charge in [-0.05, 0) is 12.1 Å². The number of primary sulfonamides is 1. The van der Waals surface area contributed by atoms with Gasteiger partial charge in [-0.15, -0.1) is 0 Å². The molecule has 0 saturated heterocycles. The van der Waals surface area contributed by atoms with Crippen molar-refractivity contribution < 1.29 is 17.9 Å². The number of hydrogen-bond donors (Lipinski definition) is 1. The van der Waals surface area contributed by atoms with E-state index < -0.39 is 10.0 Å². The van der Waals surface area contributed by atoms with Gasteiger partial charge in [0.15, 0.2) is 0 Å². The topological polar surface area (TPSA) is 86.5 Å². The van der Waals surface area contributed by atoms with Crippen molar-refractivity contribution in [2.45, 2.75) is 11.8 Å². The molecule has 0 bridgehead atoms. The van der Waals surface area contributed by atoms with Crippen LogP contribution in [0.4, 0.5) is 0 Å². The minimum atomic E-state index is -3.50. The Bertz CT molecular complexity index is 399. The maximum atomic E-state index is 10.6. The van der Waals surface area contributed by atoms with Crippen molar-refractivity contribution in [2.24, 2.45) is 5.14 Å². The van der Waals surface area contributed by atoms with Gasteiger partial charge < -0.3 is 4.74 Å². The lowest BCUT2D eigenvalue weighted by atomic mass is 10.4. The number of ether oxygens (including phenoxy) is 1. The normalized spacial score (nSPS) is 9.80. The van der Waals surface area contributed by atoms with E-state index in [1.165, 1.54) is 26.2 Å². The first kappa shape index (κ1) is 13.6. The Hall–Kier alpha value is -1.40. The number of carbonyl (C=O) groups is 1. The molecule has 0 aliphatic carbocycles. The summed E-state index contributed by atoms with van der Waals surface area (Å²) in [6.07, 6.45) is 0. The van der Waals surface area contributed by atoms with Gasteiger partial charge in [0.25, 0.3) is 0 Å². The molecule has 6 heteroatoms. The van der Waals surface area contributed by atoms with Gasteiger partial charge >= 0.3 is 5.97 Å². The summed E-state index contributed by atoms with van der Waals surface area (Å²) in [5.74, 6) is -0.245. The van der Waals surface area contributed by atoms with Crippen LogP contribution < -0.4 is 5.14 Å². The lowest BCUT2D eigenvalue weighted by Gasteiger charge is -1.93. The Morgan fingerprint density at radius 1 is 1.27 bits per heavy atom. The lowest BCUT2D eigenvalue weighted by Crippen LogP contribution is -2.11. The highest BCUT2D eigenvalue weighted by atomic mass is 32.2. The molecule has 0 unspecified atom stereocenters. The van der Waals surface area contributed by atoms with Gasteiger partial charge in [-0.2, -0.15) is 0 Å².